The molecular weight excluding hydrogens is 378 g/mol. The predicted octanol–water partition coefficient (Wildman–Crippen LogP) is 3.27. The molecule has 0 aliphatic rings. The van der Waals surface area contributed by atoms with Gasteiger partial charge in [-0.2, -0.15) is 5.10 Å². The highest BCUT2D eigenvalue weighted by molar-refractivity contribution is 9.10. The van der Waals surface area contributed by atoms with Gasteiger partial charge >= 0.3 is 0 Å². The predicted molar refractivity (Wildman–Crippen MR) is 93.1 cm³/mol. The van der Waals surface area contributed by atoms with Crippen LogP contribution in [0.5, 0.6) is 5.75 Å². The summed E-state index contributed by atoms with van der Waals surface area (Å²) in [6.45, 7) is 1.61. The smallest absolute Gasteiger partial charge is 0.280 e. The number of carbonyl (C=O) groups excluding carboxylic acids is 1. The Balaban J connectivity index is 1.88. The number of non-ortho nitro benzene ring substituents is 1. The van der Waals surface area contributed by atoms with Crippen LogP contribution in [0.15, 0.2) is 58.1 Å². The maximum absolute atomic E-state index is 11.9. The monoisotopic (exact) mass is 391 g/mol. The van der Waals surface area contributed by atoms with Gasteiger partial charge in [-0.1, -0.05) is 22.0 Å². The molecule has 1 atom stereocenters. The van der Waals surface area contributed by atoms with Gasteiger partial charge in [-0.15, -0.1) is 0 Å². The SMILES string of the molecule is CC(Oc1cccc(Br)c1)C(=O)NN=Cc1ccc([N+](=O)[O-])cc1. The summed E-state index contributed by atoms with van der Waals surface area (Å²) < 4.78 is 6.36. The van der Waals surface area contributed by atoms with Gasteiger partial charge in [0.1, 0.15) is 5.75 Å². The molecule has 0 aliphatic carbocycles. The summed E-state index contributed by atoms with van der Waals surface area (Å²) in [6.07, 6.45) is 0.668. The first kappa shape index (κ1) is 17.6. The number of amides is 1. The van der Waals surface area contributed by atoms with E-state index in [1.165, 1.54) is 30.5 Å². The molecule has 1 amide bonds. The minimum Gasteiger partial charge on any atom is -0.481 e. The number of ether oxygens (including phenoxy) is 1. The number of nitrogens with one attached hydrogen (secondary N) is 1. The molecule has 0 spiro atoms. The van der Waals surface area contributed by atoms with E-state index in [2.05, 4.69) is 26.5 Å². The Bertz CT molecular complexity index is 762. The number of hydrogen-bond donors (Lipinski definition) is 1. The van der Waals surface area contributed by atoms with Gasteiger partial charge in [0.15, 0.2) is 6.10 Å². The van der Waals surface area contributed by atoms with E-state index < -0.39 is 16.9 Å². The van der Waals surface area contributed by atoms with E-state index in [0.717, 1.165) is 4.47 Å². The fourth-order valence-corrected chi connectivity index (χ4v) is 2.12. The van der Waals surface area contributed by atoms with Crippen LogP contribution in [0.25, 0.3) is 0 Å². The summed E-state index contributed by atoms with van der Waals surface area (Å²) in [5.74, 6) is 0.152. The van der Waals surface area contributed by atoms with Gasteiger partial charge in [0, 0.05) is 16.6 Å². The van der Waals surface area contributed by atoms with Crippen molar-refractivity contribution in [3.05, 3.63) is 68.7 Å². The van der Waals surface area contributed by atoms with Crippen molar-refractivity contribution >= 4 is 33.7 Å². The molecule has 124 valence electrons. The van der Waals surface area contributed by atoms with Crippen LogP contribution in [0.4, 0.5) is 5.69 Å². The van der Waals surface area contributed by atoms with Crippen LogP contribution < -0.4 is 10.2 Å². The molecule has 7 nitrogen and oxygen atoms in total. The fraction of sp³-hybridized carbons (Fsp3) is 0.125. The van der Waals surface area contributed by atoms with Crippen LogP contribution in [0, 0.1) is 10.1 Å². The van der Waals surface area contributed by atoms with E-state index in [1.807, 2.05) is 6.07 Å². The van der Waals surface area contributed by atoms with Crippen molar-refractivity contribution in [3.63, 3.8) is 0 Å². The number of nitro groups is 1. The molecule has 2 aromatic rings. The van der Waals surface area contributed by atoms with E-state index in [1.54, 1.807) is 25.1 Å². The first-order valence-electron chi connectivity index (χ1n) is 6.95. The molecule has 24 heavy (non-hydrogen) atoms. The zero-order valence-electron chi connectivity index (χ0n) is 12.7. The van der Waals surface area contributed by atoms with Crippen molar-refractivity contribution in [2.24, 2.45) is 5.10 Å². The Labute approximate surface area is 146 Å². The molecule has 0 bridgehead atoms. The van der Waals surface area contributed by atoms with Gasteiger partial charge in [-0.25, -0.2) is 5.43 Å². The minimum absolute atomic E-state index is 0.00719. The average molecular weight is 392 g/mol. The molecule has 1 N–H and O–H groups in total. The number of hydrazone groups is 1. The van der Waals surface area contributed by atoms with E-state index >= 15 is 0 Å². The largest absolute Gasteiger partial charge is 0.481 e. The highest BCUT2D eigenvalue weighted by Crippen LogP contribution is 2.18. The number of hydrogen-bond acceptors (Lipinski definition) is 5. The van der Waals surface area contributed by atoms with Crippen molar-refractivity contribution in [2.45, 2.75) is 13.0 Å². The summed E-state index contributed by atoms with van der Waals surface area (Å²) in [5, 5.41) is 14.4. The second-order valence-electron chi connectivity index (χ2n) is 4.80. The third kappa shape index (κ3) is 5.17. The van der Waals surface area contributed by atoms with Gasteiger partial charge in [0.25, 0.3) is 11.6 Å². The molecule has 0 heterocycles. The summed E-state index contributed by atoms with van der Waals surface area (Å²) in [5.41, 5.74) is 2.98. The standard InChI is InChI=1S/C16H14BrN3O4/c1-11(24-15-4-2-3-13(17)9-15)16(21)19-18-10-12-5-7-14(8-6-12)20(22)23/h2-11H,1H3,(H,19,21). The van der Waals surface area contributed by atoms with Crippen molar-refractivity contribution in [1.29, 1.82) is 0 Å². The molecule has 0 aromatic heterocycles. The lowest BCUT2D eigenvalue weighted by molar-refractivity contribution is -0.384. The van der Waals surface area contributed by atoms with Crippen LogP contribution >= 0.6 is 15.9 Å². The molecule has 1 unspecified atom stereocenters. The number of benzene rings is 2. The quantitative estimate of drug-likeness (QED) is 0.464. The number of carbonyl (C=O) groups is 1. The molecule has 0 fully saturated rings. The highest BCUT2D eigenvalue weighted by atomic mass is 79.9. The number of nitro benzene ring substituents is 1. The number of nitrogens with zero attached hydrogens (tertiary/aromatic N) is 2. The van der Waals surface area contributed by atoms with Gasteiger partial charge in [-0.3, -0.25) is 14.9 Å². The third-order valence-electron chi connectivity index (χ3n) is 2.97. The first-order valence-corrected chi connectivity index (χ1v) is 7.74. The molecule has 0 saturated heterocycles. The van der Waals surface area contributed by atoms with Crippen molar-refractivity contribution in [3.8, 4) is 5.75 Å². The van der Waals surface area contributed by atoms with E-state index in [-0.39, 0.29) is 5.69 Å². The Morgan fingerprint density at radius 3 is 2.67 bits per heavy atom. The molecule has 0 aliphatic heterocycles. The van der Waals surface area contributed by atoms with E-state index in [4.69, 9.17) is 4.74 Å². The van der Waals surface area contributed by atoms with Gasteiger partial charge in [-0.05, 0) is 42.8 Å². The topological polar surface area (TPSA) is 93.8 Å². The molecule has 8 heteroatoms. The molecular formula is C16H14BrN3O4. The Kier molecular flexibility index (Phi) is 6.02. The molecule has 0 saturated carbocycles. The lowest BCUT2D eigenvalue weighted by Gasteiger charge is -2.12. The van der Waals surface area contributed by atoms with Gasteiger partial charge in [0.05, 0.1) is 11.1 Å². The van der Waals surface area contributed by atoms with E-state index in [9.17, 15) is 14.9 Å². The van der Waals surface area contributed by atoms with Crippen molar-refractivity contribution in [1.82, 2.24) is 5.43 Å². The lowest BCUT2D eigenvalue weighted by atomic mass is 10.2. The average Bonchev–Trinajstić information content (AvgIpc) is 2.55. The fourth-order valence-electron chi connectivity index (χ4n) is 1.74. The Hall–Kier alpha value is -2.74. The zero-order chi connectivity index (χ0) is 17.5. The minimum atomic E-state index is -0.728. The lowest BCUT2D eigenvalue weighted by Crippen LogP contribution is -2.33. The number of rotatable bonds is 6. The Morgan fingerprint density at radius 1 is 1.33 bits per heavy atom. The molecule has 2 rings (SSSR count). The van der Waals surface area contributed by atoms with Gasteiger partial charge < -0.3 is 4.74 Å². The molecule has 2 aromatic carbocycles. The van der Waals surface area contributed by atoms with Gasteiger partial charge in [0.2, 0.25) is 0 Å². The third-order valence-corrected chi connectivity index (χ3v) is 3.46. The van der Waals surface area contributed by atoms with Crippen LogP contribution in [0.2, 0.25) is 0 Å². The number of halogens is 1. The normalized spacial score (nSPS) is 11.9. The highest BCUT2D eigenvalue weighted by Gasteiger charge is 2.13. The van der Waals surface area contributed by atoms with Crippen molar-refractivity contribution < 1.29 is 14.5 Å². The Morgan fingerprint density at radius 2 is 2.04 bits per heavy atom. The van der Waals surface area contributed by atoms with Crippen LogP contribution in [-0.4, -0.2) is 23.1 Å². The summed E-state index contributed by atoms with van der Waals surface area (Å²) >= 11 is 3.32. The second kappa shape index (κ2) is 8.21. The molecule has 0 radical (unpaired) electrons. The zero-order valence-corrected chi connectivity index (χ0v) is 14.3. The first-order chi connectivity index (χ1) is 11.5. The summed E-state index contributed by atoms with van der Waals surface area (Å²) in [7, 11) is 0. The van der Waals surface area contributed by atoms with Crippen LogP contribution in [-0.2, 0) is 4.79 Å². The summed E-state index contributed by atoms with van der Waals surface area (Å²) in [6, 6.07) is 13.0. The maximum Gasteiger partial charge on any atom is 0.280 e. The second-order valence-corrected chi connectivity index (χ2v) is 5.72. The maximum atomic E-state index is 11.9. The van der Waals surface area contributed by atoms with Crippen molar-refractivity contribution in [2.75, 3.05) is 0 Å². The van der Waals surface area contributed by atoms with Crippen LogP contribution in [0.1, 0.15) is 12.5 Å². The summed E-state index contributed by atoms with van der Waals surface area (Å²) in [4.78, 5) is 22.0. The van der Waals surface area contributed by atoms with E-state index in [0.29, 0.717) is 11.3 Å². The van der Waals surface area contributed by atoms with Crippen LogP contribution in [0.3, 0.4) is 0 Å².